The Morgan fingerprint density at radius 2 is 2.05 bits per heavy atom. The maximum atomic E-state index is 4.28. The van der Waals surface area contributed by atoms with Crippen molar-refractivity contribution in [2.45, 2.75) is 57.1 Å². The molecule has 1 saturated heterocycles. The molecule has 1 heterocycles. The number of nitrogens with zero attached hydrogens (tertiary/aromatic N) is 1. The fraction of sp³-hybridized carbons (Fsp3) is 0.929. The number of thioether (sulfide) groups is 1. The topological polar surface area (TPSA) is 36.4 Å². The van der Waals surface area contributed by atoms with Crippen LogP contribution in [0.3, 0.4) is 0 Å². The van der Waals surface area contributed by atoms with Gasteiger partial charge in [-0.3, -0.25) is 4.99 Å². The first kappa shape index (κ1) is 19.4. The van der Waals surface area contributed by atoms with Crippen molar-refractivity contribution >= 4 is 41.7 Å². The molecule has 0 amide bonds. The molecule has 0 radical (unpaired) electrons. The van der Waals surface area contributed by atoms with Gasteiger partial charge < -0.3 is 10.6 Å². The largest absolute Gasteiger partial charge is 0.356 e. The van der Waals surface area contributed by atoms with Gasteiger partial charge in [-0.15, -0.1) is 24.0 Å². The zero-order valence-corrected chi connectivity index (χ0v) is 15.8. The molecule has 0 saturated carbocycles. The van der Waals surface area contributed by atoms with E-state index in [0.29, 0.717) is 4.75 Å². The van der Waals surface area contributed by atoms with Crippen LogP contribution < -0.4 is 10.6 Å². The second kappa shape index (κ2) is 11.1. The van der Waals surface area contributed by atoms with E-state index in [1.165, 1.54) is 44.3 Å². The summed E-state index contributed by atoms with van der Waals surface area (Å²) in [7, 11) is 1.85. The van der Waals surface area contributed by atoms with Crippen LogP contribution in [-0.4, -0.2) is 36.6 Å². The van der Waals surface area contributed by atoms with Crippen molar-refractivity contribution in [1.29, 1.82) is 0 Å². The van der Waals surface area contributed by atoms with Crippen LogP contribution in [0.1, 0.15) is 52.4 Å². The molecule has 1 atom stereocenters. The number of halogens is 1. The predicted octanol–water partition coefficient (Wildman–Crippen LogP) is 3.64. The van der Waals surface area contributed by atoms with Gasteiger partial charge in [0.15, 0.2) is 5.96 Å². The molecular formula is C14H30IN3S. The number of guanidine groups is 1. The lowest BCUT2D eigenvalue weighted by molar-refractivity contribution is 0.581. The summed E-state index contributed by atoms with van der Waals surface area (Å²) in [5, 5.41) is 6.86. The maximum Gasteiger partial charge on any atom is 0.191 e. The third kappa shape index (κ3) is 8.27. The molecule has 19 heavy (non-hydrogen) atoms. The van der Waals surface area contributed by atoms with Crippen LogP contribution in [0.4, 0.5) is 0 Å². The number of rotatable bonds is 7. The molecule has 1 unspecified atom stereocenters. The fourth-order valence-electron chi connectivity index (χ4n) is 2.23. The molecule has 114 valence electrons. The monoisotopic (exact) mass is 399 g/mol. The smallest absolute Gasteiger partial charge is 0.191 e. The summed E-state index contributed by atoms with van der Waals surface area (Å²) in [6.07, 6.45) is 7.85. The first-order chi connectivity index (χ1) is 8.70. The van der Waals surface area contributed by atoms with Gasteiger partial charge in [0.05, 0.1) is 0 Å². The molecule has 0 aromatic heterocycles. The third-order valence-corrected chi connectivity index (χ3v) is 5.01. The van der Waals surface area contributed by atoms with Crippen molar-refractivity contribution in [1.82, 2.24) is 10.6 Å². The van der Waals surface area contributed by atoms with Gasteiger partial charge in [0.25, 0.3) is 0 Å². The number of hydrogen-bond acceptors (Lipinski definition) is 2. The zero-order chi connectivity index (χ0) is 13.3. The molecule has 0 aromatic rings. The standard InChI is InChI=1S/C14H29N3S.HI/c1-4-5-6-7-10-16-13(15-3)17-12-14(2)9-8-11-18-14;/h4-12H2,1-3H3,(H2,15,16,17);1H. The Kier molecular flexibility index (Phi) is 11.3. The van der Waals surface area contributed by atoms with Gasteiger partial charge in [-0.25, -0.2) is 0 Å². The van der Waals surface area contributed by atoms with Crippen molar-refractivity contribution in [3.8, 4) is 0 Å². The first-order valence-electron chi connectivity index (χ1n) is 7.28. The van der Waals surface area contributed by atoms with E-state index in [2.05, 4.69) is 41.2 Å². The van der Waals surface area contributed by atoms with Crippen molar-refractivity contribution in [2.24, 2.45) is 4.99 Å². The van der Waals surface area contributed by atoms with Crippen molar-refractivity contribution in [2.75, 3.05) is 25.9 Å². The maximum absolute atomic E-state index is 4.28. The van der Waals surface area contributed by atoms with Crippen molar-refractivity contribution in [3.63, 3.8) is 0 Å². The highest BCUT2D eigenvalue weighted by Crippen LogP contribution is 2.36. The lowest BCUT2D eigenvalue weighted by Crippen LogP contribution is -2.43. The Morgan fingerprint density at radius 3 is 2.63 bits per heavy atom. The number of aliphatic imine (C=N–C) groups is 1. The van der Waals surface area contributed by atoms with Crippen LogP contribution >= 0.6 is 35.7 Å². The molecular weight excluding hydrogens is 369 g/mol. The summed E-state index contributed by atoms with van der Waals surface area (Å²) in [6, 6.07) is 0. The molecule has 2 N–H and O–H groups in total. The van der Waals surface area contributed by atoms with Crippen LogP contribution in [0.2, 0.25) is 0 Å². The zero-order valence-electron chi connectivity index (χ0n) is 12.6. The molecule has 0 bridgehead atoms. The van der Waals surface area contributed by atoms with Crippen LogP contribution in [-0.2, 0) is 0 Å². The Balaban J connectivity index is 0.00000324. The van der Waals surface area contributed by atoms with Crippen LogP contribution in [0.5, 0.6) is 0 Å². The van der Waals surface area contributed by atoms with E-state index in [1.807, 2.05) is 7.05 Å². The van der Waals surface area contributed by atoms with E-state index in [-0.39, 0.29) is 24.0 Å². The Hall–Kier alpha value is 0.350. The Bertz CT molecular complexity index is 253. The summed E-state index contributed by atoms with van der Waals surface area (Å²) in [5.74, 6) is 2.27. The molecule has 0 aliphatic carbocycles. The molecule has 1 rings (SSSR count). The minimum atomic E-state index is 0. The lowest BCUT2D eigenvalue weighted by atomic mass is 10.1. The van der Waals surface area contributed by atoms with E-state index in [0.717, 1.165) is 19.0 Å². The summed E-state index contributed by atoms with van der Waals surface area (Å²) in [6.45, 7) is 6.65. The number of hydrogen-bond donors (Lipinski definition) is 2. The van der Waals surface area contributed by atoms with Crippen molar-refractivity contribution in [3.05, 3.63) is 0 Å². The molecule has 5 heteroatoms. The van der Waals surface area contributed by atoms with Gasteiger partial charge in [-0.1, -0.05) is 26.2 Å². The summed E-state index contributed by atoms with van der Waals surface area (Å²) in [4.78, 5) is 4.28. The molecule has 3 nitrogen and oxygen atoms in total. The highest BCUT2D eigenvalue weighted by molar-refractivity contribution is 14.0. The van der Waals surface area contributed by atoms with E-state index < -0.39 is 0 Å². The van der Waals surface area contributed by atoms with Crippen LogP contribution in [0.15, 0.2) is 4.99 Å². The van der Waals surface area contributed by atoms with Gasteiger partial charge in [0.1, 0.15) is 0 Å². The van der Waals surface area contributed by atoms with E-state index in [1.54, 1.807) is 0 Å². The summed E-state index contributed by atoms with van der Waals surface area (Å²) in [5.41, 5.74) is 0. The van der Waals surface area contributed by atoms with Gasteiger partial charge in [0.2, 0.25) is 0 Å². The van der Waals surface area contributed by atoms with E-state index in [9.17, 15) is 0 Å². The molecule has 1 fully saturated rings. The normalized spacial score (nSPS) is 23.0. The first-order valence-corrected chi connectivity index (χ1v) is 8.27. The Morgan fingerprint density at radius 1 is 1.26 bits per heavy atom. The highest BCUT2D eigenvalue weighted by atomic mass is 127. The van der Waals surface area contributed by atoms with E-state index in [4.69, 9.17) is 0 Å². The molecule has 0 spiro atoms. The number of unbranched alkanes of at least 4 members (excludes halogenated alkanes) is 3. The van der Waals surface area contributed by atoms with Crippen LogP contribution in [0, 0.1) is 0 Å². The molecule has 0 aromatic carbocycles. The molecule has 1 aliphatic heterocycles. The second-order valence-electron chi connectivity index (χ2n) is 5.32. The number of nitrogens with one attached hydrogen (secondary N) is 2. The second-order valence-corrected chi connectivity index (χ2v) is 7.00. The average molecular weight is 399 g/mol. The minimum absolute atomic E-state index is 0. The van der Waals surface area contributed by atoms with Crippen molar-refractivity contribution < 1.29 is 0 Å². The van der Waals surface area contributed by atoms with Crippen LogP contribution in [0.25, 0.3) is 0 Å². The highest BCUT2D eigenvalue weighted by Gasteiger charge is 2.29. The third-order valence-electron chi connectivity index (χ3n) is 3.48. The average Bonchev–Trinajstić information content (AvgIpc) is 2.80. The van der Waals surface area contributed by atoms with Gasteiger partial charge >= 0.3 is 0 Å². The lowest BCUT2D eigenvalue weighted by Gasteiger charge is -2.24. The summed E-state index contributed by atoms with van der Waals surface area (Å²) < 4.78 is 0.403. The quantitative estimate of drug-likeness (QED) is 0.297. The SMILES string of the molecule is CCCCCCNC(=NC)NCC1(C)CCCS1.I. The summed E-state index contributed by atoms with van der Waals surface area (Å²) >= 11 is 2.09. The van der Waals surface area contributed by atoms with Gasteiger partial charge in [-0.05, 0) is 31.9 Å². The fourth-order valence-corrected chi connectivity index (χ4v) is 3.47. The minimum Gasteiger partial charge on any atom is -0.356 e. The Labute approximate surface area is 140 Å². The van der Waals surface area contributed by atoms with Gasteiger partial charge in [0, 0.05) is 24.9 Å². The van der Waals surface area contributed by atoms with Gasteiger partial charge in [-0.2, -0.15) is 11.8 Å². The predicted molar refractivity (Wildman–Crippen MR) is 99.0 cm³/mol. The van der Waals surface area contributed by atoms with E-state index >= 15 is 0 Å². The molecule has 1 aliphatic rings.